The van der Waals surface area contributed by atoms with E-state index in [1.165, 1.54) is 29.2 Å². The number of likely N-dealkylation sites (N-methyl/N-ethyl adjacent to an activating group) is 1. The summed E-state index contributed by atoms with van der Waals surface area (Å²) in [6, 6.07) is 18.6. The molecule has 1 amide bonds. The molecule has 166 valence electrons. The number of halogens is 1. The Labute approximate surface area is 190 Å². The summed E-state index contributed by atoms with van der Waals surface area (Å²) >= 11 is 0. The maximum atomic E-state index is 13.6. The highest BCUT2D eigenvalue weighted by Crippen LogP contribution is 2.43. The monoisotopic (exact) mass is 444 g/mol. The van der Waals surface area contributed by atoms with Crippen molar-refractivity contribution in [1.82, 2.24) is 0 Å². The number of rotatable bonds is 3. The van der Waals surface area contributed by atoms with Gasteiger partial charge < -0.3 is 14.7 Å². The molecule has 5 rings (SSSR count). The Morgan fingerprint density at radius 2 is 1.76 bits per heavy atom. The zero-order valence-electron chi connectivity index (χ0n) is 17.9. The average molecular weight is 444 g/mol. The van der Waals surface area contributed by atoms with Crippen molar-refractivity contribution in [2.45, 2.75) is 6.04 Å². The molecule has 1 fully saturated rings. The number of anilines is 2. The third kappa shape index (κ3) is 3.51. The number of Topliss-reactive ketones (excluding diaryl/α,β-unsaturated/α-hetero) is 1. The van der Waals surface area contributed by atoms with E-state index in [4.69, 9.17) is 4.74 Å². The van der Waals surface area contributed by atoms with Crippen LogP contribution in [0.15, 0.2) is 78.4 Å². The standard InChI is InChI=1S/C26H21FN2O4/c1-28-13-14-33-21-12-9-17(15-20(21)28)24(30)22-23(16-7-10-18(27)11-8-16)29(26(32)25(22)31)19-5-3-2-4-6-19/h2-12,15,23,30H,13-14H2,1H3/b24-22-. The summed E-state index contributed by atoms with van der Waals surface area (Å²) < 4.78 is 19.3. The van der Waals surface area contributed by atoms with Gasteiger partial charge in [0.25, 0.3) is 11.7 Å². The number of fused-ring (bicyclic) bond motifs is 1. The first kappa shape index (κ1) is 20.8. The second kappa shape index (κ2) is 8.09. The summed E-state index contributed by atoms with van der Waals surface area (Å²) in [5.41, 5.74) is 2.14. The first-order valence-corrected chi connectivity index (χ1v) is 10.6. The van der Waals surface area contributed by atoms with Crippen molar-refractivity contribution in [2.24, 2.45) is 0 Å². The van der Waals surface area contributed by atoms with Crippen LogP contribution >= 0.6 is 0 Å². The highest BCUT2D eigenvalue weighted by molar-refractivity contribution is 6.51. The minimum atomic E-state index is -0.905. The minimum absolute atomic E-state index is 0.0465. The molecular weight excluding hydrogens is 423 g/mol. The lowest BCUT2D eigenvalue weighted by atomic mass is 9.94. The smallest absolute Gasteiger partial charge is 0.300 e. The van der Waals surface area contributed by atoms with E-state index in [9.17, 15) is 19.1 Å². The SMILES string of the molecule is CN1CCOc2ccc(/C(O)=C3/C(=O)C(=O)N(c4ccccc4)C3c3ccc(F)cc3)cc21. The van der Waals surface area contributed by atoms with Crippen molar-refractivity contribution in [3.63, 3.8) is 0 Å². The number of aliphatic hydroxyl groups is 1. The van der Waals surface area contributed by atoms with Gasteiger partial charge in [-0.15, -0.1) is 0 Å². The van der Waals surface area contributed by atoms with Gasteiger partial charge >= 0.3 is 0 Å². The lowest BCUT2D eigenvalue weighted by Gasteiger charge is -2.28. The second-order valence-corrected chi connectivity index (χ2v) is 8.01. The van der Waals surface area contributed by atoms with Gasteiger partial charge in [-0.1, -0.05) is 30.3 Å². The predicted octanol–water partition coefficient (Wildman–Crippen LogP) is 4.28. The highest BCUT2D eigenvalue weighted by Gasteiger charge is 2.47. The van der Waals surface area contributed by atoms with Crippen molar-refractivity contribution in [1.29, 1.82) is 0 Å². The second-order valence-electron chi connectivity index (χ2n) is 8.01. The van der Waals surface area contributed by atoms with Crippen LogP contribution in [0.4, 0.5) is 15.8 Å². The van der Waals surface area contributed by atoms with E-state index >= 15 is 0 Å². The van der Waals surface area contributed by atoms with Gasteiger partial charge in [-0.05, 0) is 48.0 Å². The third-order valence-electron chi connectivity index (χ3n) is 5.99. The Kier molecular flexibility index (Phi) is 5.09. The Bertz CT molecular complexity index is 1270. The van der Waals surface area contributed by atoms with Gasteiger partial charge in [0.05, 0.1) is 23.8 Å². The molecule has 0 radical (unpaired) electrons. The molecule has 7 heteroatoms. The summed E-state index contributed by atoms with van der Waals surface area (Å²) in [5.74, 6) is -1.60. The van der Waals surface area contributed by atoms with Gasteiger partial charge in [-0.2, -0.15) is 0 Å². The number of aliphatic hydroxyl groups excluding tert-OH is 1. The fourth-order valence-corrected chi connectivity index (χ4v) is 4.30. The van der Waals surface area contributed by atoms with Crippen molar-refractivity contribution >= 4 is 28.8 Å². The topological polar surface area (TPSA) is 70.1 Å². The van der Waals surface area contributed by atoms with Gasteiger partial charge in [0.1, 0.15) is 23.9 Å². The predicted molar refractivity (Wildman–Crippen MR) is 123 cm³/mol. The average Bonchev–Trinajstić information content (AvgIpc) is 3.10. The van der Waals surface area contributed by atoms with E-state index in [1.54, 1.807) is 48.5 Å². The quantitative estimate of drug-likeness (QED) is 0.371. The molecular formula is C26H21FN2O4. The Hall–Kier alpha value is -4.13. The van der Waals surface area contributed by atoms with Gasteiger partial charge in [0.15, 0.2) is 0 Å². The molecule has 6 nitrogen and oxygen atoms in total. The molecule has 1 saturated heterocycles. The molecule has 0 bridgehead atoms. The number of para-hydroxylation sites is 1. The Morgan fingerprint density at radius 3 is 2.48 bits per heavy atom. The maximum Gasteiger partial charge on any atom is 0.300 e. The van der Waals surface area contributed by atoms with Crippen molar-refractivity contribution in [3.8, 4) is 5.75 Å². The number of carbonyl (C=O) groups excluding carboxylic acids is 2. The van der Waals surface area contributed by atoms with Crippen LogP contribution in [-0.2, 0) is 9.59 Å². The highest BCUT2D eigenvalue weighted by atomic mass is 19.1. The van der Waals surface area contributed by atoms with E-state index in [2.05, 4.69) is 0 Å². The molecule has 3 aromatic carbocycles. The van der Waals surface area contributed by atoms with Gasteiger partial charge in [-0.25, -0.2) is 4.39 Å². The number of amides is 1. The molecule has 1 atom stereocenters. The van der Waals surface area contributed by atoms with Crippen LogP contribution in [0.1, 0.15) is 17.2 Å². The van der Waals surface area contributed by atoms with Crippen LogP contribution in [0, 0.1) is 5.82 Å². The molecule has 2 aliphatic heterocycles. The zero-order valence-corrected chi connectivity index (χ0v) is 17.9. The lowest BCUT2D eigenvalue weighted by Crippen LogP contribution is -2.29. The van der Waals surface area contributed by atoms with Crippen molar-refractivity contribution < 1.29 is 23.8 Å². The summed E-state index contributed by atoms with van der Waals surface area (Å²) in [5, 5.41) is 11.3. The number of benzene rings is 3. The molecule has 33 heavy (non-hydrogen) atoms. The zero-order chi connectivity index (χ0) is 23.1. The third-order valence-corrected chi connectivity index (χ3v) is 5.99. The molecule has 2 aliphatic rings. The Morgan fingerprint density at radius 1 is 1.03 bits per heavy atom. The molecule has 0 saturated carbocycles. The van der Waals surface area contributed by atoms with E-state index in [0.29, 0.717) is 35.7 Å². The van der Waals surface area contributed by atoms with Gasteiger partial charge in [0.2, 0.25) is 0 Å². The first-order chi connectivity index (χ1) is 16.0. The van der Waals surface area contributed by atoms with Crippen LogP contribution in [0.5, 0.6) is 5.75 Å². The normalized spacial score (nSPS) is 19.4. The lowest BCUT2D eigenvalue weighted by molar-refractivity contribution is -0.132. The molecule has 3 aromatic rings. The van der Waals surface area contributed by atoms with Gasteiger partial charge in [-0.3, -0.25) is 14.5 Å². The summed E-state index contributed by atoms with van der Waals surface area (Å²) in [6.07, 6.45) is 0. The number of ether oxygens (including phenoxy) is 1. The van der Waals surface area contributed by atoms with Crippen LogP contribution < -0.4 is 14.5 Å². The maximum absolute atomic E-state index is 13.6. The summed E-state index contributed by atoms with van der Waals surface area (Å²) in [7, 11) is 1.91. The molecule has 1 N–H and O–H groups in total. The summed E-state index contributed by atoms with van der Waals surface area (Å²) in [6.45, 7) is 1.24. The largest absolute Gasteiger partial charge is 0.507 e. The fourth-order valence-electron chi connectivity index (χ4n) is 4.30. The van der Waals surface area contributed by atoms with Gasteiger partial charge in [0, 0.05) is 18.3 Å². The van der Waals surface area contributed by atoms with Crippen molar-refractivity contribution in [2.75, 3.05) is 30.0 Å². The minimum Gasteiger partial charge on any atom is -0.507 e. The molecule has 0 spiro atoms. The van der Waals surface area contributed by atoms with Crippen LogP contribution in [0.2, 0.25) is 0 Å². The number of carbonyl (C=O) groups is 2. The van der Waals surface area contributed by atoms with E-state index < -0.39 is 23.5 Å². The number of ketones is 1. The molecule has 2 heterocycles. The van der Waals surface area contributed by atoms with Crippen LogP contribution in [0.3, 0.4) is 0 Å². The van der Waals surface area contributed by atoms with E-state index in [0.717, 1.165) is 5.69 Å². The van der Waals surface area contributed by atoms with Crippen molar-refractivity contribution in [3.05, 3.63) is 95.3 Å². The number of hydrogen-bond acceptors (Lipinski definition) is 5. The molecule has 1 unspecified atom stereocenters. The van der Waals surface area contributed by atoms with Crippen LogP contribution in [-0.4, -0.2) is 37.0 Å². The number of nitrogens with zero attached hydrogens (tertiary/aromatic N) is 2. The molecule has 0 aromatic heterocycles. The molecule has 0 aliphatic carbocycles. The Balaban J connectivity index is 1.69. The first-order valence-electron chi connectivity index (χ1n) is 10.6. The summed E-state index contributed by atoms with van der Waals surface area (Å²) in [4.78, 5) is 29.6. The van der Waals surface area contributed by atoms with E-state index in [1.807, 2.05) is 11.9 Å². The van der Waals surface area contributed by atoms with Crippen LogP contribution in [0.25, 0.3) is 5.76 Å². The number of hydrogen-bond donors (Lipinski definition) is 1. The fraction of sp³-hybridized carbons (Fsp3) is 0.154. The van der Waals surface area contributed by atoms with E-state index in [-0.39, 0.29) is 11.3 Å².